The molecule has 2 nitrogen and oxygen atoms in total. The lowest BCUT2D eigenvalue weighted by Gasteiger charge is -2.16. The van der Waals surface area contributed by atoms with E-state index in [1.54, 1.807) is 7.11 Å². The fourth-order valence-corrected chi connectivity index (χ4v) is 2.62. The van der Waals surface area contributed by atoms with Crippen molar-refractivity contribution in [1.29, 1.82) is 0 Å². The molecule has 0 aliphatic rings. The molecule has 0 heterocycles. The van der Waals surface area contributed by atoms with Crippen molar-refractivity contribution in [3.05, 3.63) is 58.6 Å². The van der Waals surface area contributed by atoms with Gasteiger partial charge in [0.05, 0.1) is 7.11 Å². The number of halogens is 1. The van der Waals surface area contributed by atoms with Crippen molar-refractivity contribution < 1.29 is 4.74 Å². The lowest BCUT2D eigenvalue weighted by atomic mass is 10.1. The first-order valence-electron chi connectivity index (χ1n) is 6.82. The van der Waals surface area contributed by atoms with Crippen LogP contribution in [0.4, 0.5) is 5.69 Å². The van der Waals surface area contributed by atoms with E-state index >= 15 is 0 Å². The van der Waals surface area contributed by atoms with Gasteiger partial charge in [0.25, 0.3) is 0 Å². The Balaban J connectivity index is 1.91. The summed E-state index contributed by atoms with van der Waals surface area (Å²) in [4.78, 5) is 0. The standard InChI is InChI=1S/C17H20BrNO/c1-13(8-9-14-6-4-3-5-7-14)19-16-10-15(18)11-17(12-16)20-2/h3-7,10-13,19H,8-9H2,1-2H3. The fraction of sp³-hybridized carbons (Fsp3) is 0.294. The summed E-state index contributed by atoms with van der Waals surface area (Å²) in [6, 6.07) is 17.0. The van der Waals surface area contributed by atoms with Crippen LogP contribution in [0, 0.1) is 0 Å². The van der Waals surface area contributed by atoms with Crippen LogP contribution in [0.3, 0.4) is 0 Å². The lowest BCUT2D eigenvalue weighted by Crippen LogP contribution is -2.16. The van der Waals surface area contributed by atoms with Gasteiger partial charge in [0.15, 0.2) is 0 Å². The van der Waals surface area contributed by atoms with Gasteiger partial charge < -0.3 is 10.1 Å². The molecule has 0 amide bonds. The monoisotopic (exact) mass is 333 g/mol. The number of benzene rings is 2. The number of methoxy groups -OCH3 is 1. The van der Waals surface area contributed by atoms with E-state index in [9.17, 15) is 0 Å². The van der Waals surface area contributed by atoms with Crippen molar-refractivity contribution in [2.24, 2.45) is 0 Å². The van der Waals surface area contributed by atoms with Gasteiger partial charge in [-0.25, -0.2) is 0 Å². The smallest absolute Gasteiger partial charge is 0.122 e. The van der Waals surface area contributed by atoms with E-state index in [-0.39, 0.29) is 0 Å². The molecule has 106 valence electrons. The zero-order valence-corrected chi connectivity index (χ0v) is 13.5. The van der Waals surface area contributed by atoms with Crippen LogP contribution >= 0.6 is 15.9 Å². The van der Waals surface area contributed by atoms with Gasteiger partial charge in [-0.05, 0) is 37.5 Å². The minimum atomic E-state index is 0.411. The van der Waals surface area contributed by atoms with Gasteiger partial charge in [-0.2, -0.15) is 0 Å². The third kappa shape index (κ3) is 4.57. The Morgan fingerprint density at radius 1 is 1.15 bits per heavy atom. The predicted octanol–water partition coefficient (Wildman–Crippen LogP) is 4.89. The molecule has 0 aliphatic carbocycles. The minimum Gasteiger partial charge on any atom is -0.497 e. The minimum absolute atomic E-state index is 0.411. The number of hydrogen-bond donors (Lipinski definition) is 1. The van der Waals surface area contributed by atoms with Crippen LogP contribution in [0.25, 0.3) is 0 Å². The molecule has 2 aromatic rings. The van der Waals surface area contributed by atoms with Gasteiger partial charge in [0.2, 0.25) is 0 Å². The molecule has 0 radical (unpaired) electrons. The van der Waals surface area contributed by atoms with E-state index in [4.69, 9.17) is 4.74 Å². The van der Waals surface area contributed by atoms with E-state index in [0.717, 1.165) is 28.8 Å². The van der Waals surface area contributed by atoms with Crippen molar-refractivity contribution >= 4 is 21.6 Å². The Morgan fingerprint density at radius 2 is 1.90 bits per heavy atom. The number of hydrogen-bond acceptors (Lipinski definition) is 2. The van der Waals surface area contributed by atoms with Crippen molar-refractivity contribution in [2.75, 3.05) is 12.4 Å². The van der Waals surface area contributed by atoms with Crippen LogP contribution in [0.1, 0.15) is 18.9 Å². The van der Waals surface area contributed by atoms with E-state index in [1.807, 2.05) is 12.1 Å². The van der Waals surface area contributed by atoms with Gasteiger partial charge in [0.1, 0.15) is 5.75 Å². The van der Waals surface area contributed by atoms with Crippen LogP contribution in [0.2, 0.25) is 0 Å². The fourth-order valence-electron chi connectivity index (χ4n) is 2.15. The molecule has 0 saturated carbocycles. The van der Waals surface area contributed by atoms with Crippen LogP contribution in [-0.4, -0.2) is 13.2 Å². The topological polar surface area (TPSA) is 21.3 Å². The first-order valence-corrected chi connectivity index (χ1v) is 7.61. The second kappa shape index (κ2) is 7.34. The molecule has 0 saturated heterocycles. The summed E-state index contributed by atoms with van der Waals surface area (Å²) in [6.07, 6.45) is 2.18. The first-order chi connectivity index (χ1) is 9.67. The molecule has 2 rings (SSSR count). The highest BCUT2D eigenvalue weighted by atomic mass is 79.9. The first kappa shape index (κ1) is 14.9. The van der Waals surface area contributed by atoms with Gasteiger partial charge >= 0.3 is 0 Å². The summed E-state index contributed by atoms with van der Waals surface area (Å²) in [5.74, 6) is 0.858. The second-order valence-electron chi connectivity index (χ2n) is 4.95. The zero-order valence-electron chi connectivity index (χ0n) is 11.9. The van der Waals surface area contributed by atoms with E-state index in [1.165, 1.54) is 5.56 Å². The Hall–Kier alpha value is -1.48. The summed E-state index contributed by atoms with van der Waals surface area (Å²) in [6.45, 7) is 2.20. The second-order valence-corrected chi connectivity index (χ2v) is 5.87. The molecule has 2 aromatic carbocycles. The van der Waals surface area contributed by atoms with Crippen LogP contribution < -0.4 is 10.1 Å². The normalized spacial score (nSPS) is 11.9. The molecule has 0 aromatic heterocycles. The van der Waals surface area contributed by atoms with Gasteiger partial charge in [-0.15, -0.1) is 0 Å². The highest BCUT2D eigenvalue weighted by Gasteiger charge is 2.05. The van der Waals surface area contributed by atoms with Crippen molar-refractivity contribution in [1.82, 2.24) is 0 Å². The van der Waals surface area contributed by atoms with Crippen LogP contribution in [0.5, 0.6) is 5.75 Å². The average molecular weight is 334 g/mol. The summed E-state index contributed by atoms with van der Waals surface area (Å²) in [5.41, 5.74) is 2.46. The van der Waals surface area contributed by atoms with Gasteiger partial charge in [0, 0.05) is 22.3 Å². The quantitative estimate of drug-likeness (QED) is 0.812. The Kier molecular flexibility index (Phi) is 5.48. The maximum absolute atomic E-state index is 5.28. The number of ether oxygens (including phenoxy) is 1. The molecular weight excluding hydrogens is 314 g/mol. The van der Waals surface area contributed by atoms with Crippen LogP contribution in [-0.2, 0) is 6.42 Å². The lowest BCUT2D eigenvalue weighted by molar-refractivity contribution is 0.414. The van der Waals surface area contributed by atoms with E-state index in [2.05, 4.69) is 64.6 Å². The molecule has 1 N–H and O–H groups in total. The third-order valence-corrected chi connectivity index (χ3v) is 3.69. The summed E-state index contributed by atoms with van der Waals surface area (Å²) < 4.78 is 6.30. The number of rotatable bonds is 6. The maximum atomic E-state index is 5.28. The van der Waals surface area contributed by atoms with Crippen molar-refractivity contribution in [3.63, 3.8) is 0 Å². The largest absolute Gasteiger partial charge is 0.497 e. The highest BCUT2D eigenvalue weighted by molar-refractivity contribution is 9.10. The molecule has 0 bridgehead atoms. The number of anilines is 1. The molecular formula is C17H20BrNO. The molecule has 0 fully saturated rings. The Labute approximate surface area is 129 Å². The summed E-state index contributed by atoms with van der Waals surface area (Å²) >= 11 is 3.50. The summed E-state index contributed by atoms with van der Waals surface area (Å²) in [5, 5.41) is 3.52. The van der Waals surface area contributed by atoms with E-state index < -0.39 is 0 Å². The molecule has 0 spiro atoms. The molecule has 1 atom stereocenters. The molecule has 3 heteroatoms. The Morgan fingerprint density at radius 3 is 2.60 bits per heavy atom. The maximum Gasteiger partial charge on any atom is 0.122 e. The van der Waals surface area contributed by atoms with Crippen molar-refractivity contribution in [2.45, 2.75) is 25.8 Å². The predicted molar refractivity (Wildman–Crippen MR) is 88.5 cm³/mol. The third-order valence-electron chi connectivity index (χ3n) is 3.23. The molecule has 0 aliphatic heterocycles. The van der Waals surface area contributed by atoms with Crippen molar-refractivity contribution in [3.8, 4) is 5.75 Å². The average Bonchev–Trinajstić information content (AvgIpc) is 2.45. The zero-order chi connectivity index (χ0) is 14.4. The Bertz CT molecular complexity index is 542. The number of aryl methyl sites for hydroxylation is 1. The number of nitrogens with one attached hydrogen (secondary N) is 1. The highest BCUT2D eigenvalue weighted by Crippen LogP contribution is 2.25. The molecule has 1 unspecified atom stereocenters. The molecule has 20 heavy (non-hydrogen) atoms. The van der Waals surface area contributed by atoms with Gasteiger partial charge in [-0.1, -0.05) is 46.3 Å². The van der Waals surface area contributed by atoms with E-state index in [0.29, 0.717) is 6.04 Å². The summed E-state index contributed by atoms with van der Waals surface area (Å²) in [7, 11) is 1.68. The van der Waals surface area contributed by atoms with Gasteiger partial charge in [-0.3, -0.25) is 0 Å². The van der Waals surface area contributed by atoms with Crippen LogP contribution in [0.15, 0.2) is 53.0 Å². The SMILES string of the molecule is COc1cc(Br)cc(NC(C)CCc2ccccc2)c1.